The molecule has 0 aliphatic heterocycles. The third kappa shape index (κ3) is 3.83. The molecule has 26 heavy (non-hydrogen) atoms. The van der Waals surface area contributed by atoms with Crippen LogP contribution in [0, 0.1) is 0 Å². The molecule has 0 aliphatic carbocycles. The van der Waals surface area contributed by atoms with Crippen molar-refractivity contribution >= 4 is 5.91 Å². The number of nitrogens with one attached hydrogen (secondary N) is 1. The van der Waals surface area contributed by atoms with Crippen molar-refractivity contribution in [1.29, 1.82) is 0 Å². The molecule has 7 heteroatoms. The van der Waals surface area contributed by atoms with Gasteiger partial charge in [-0.15, -0.1) is 0 Å². The highest BCUT2D eigenvalue weighted by molar-refractivity contribution is 5.97. The maximum Gasteiger partial charge on any atom is 0.255 e. The number of methoxy groups -OCH3 is 2. The fraction of sp³-hybridized carbons (Fsp3) is 0.211. The van der Waals surface area contributed by atoms with E-state index in [9.17, 15) is 4.79 Å². The molecule has 3 rings (SSSR count). The summed E-state index contributed by atoms with van der Waals surface area (Å²) in [6.45, 7) is 1.000. The number of hydrogen-bond acceptors (Lipinski definition) is 5. The Bertz CT molecular complexity index is 878. The van der Waals surface area contributed by atoms with Gasteiger partial charge in [0, 0.05) is 30.7 Å². The van der Waals surface area contributed by atoms with Crippen LogP contribution in [0.4, 0.5) is 0 Å². The average molecular weight is 352 g/mol. The Hall–Kier alpha value is -3.35. The largest absolute Gasteiger partial charge is 0.493 e. The fourth-order valence-electron chi connectivity index (χ4n) is 2.61. The maximum absolute atomic E-state index is 12.4. The Morgan fingerprint density at radius 3 is 2.65 bits per heavy atom. The van der Waals surface area contributed by atoms with Crippen LogP contribution in [0.2, 0.25) is 0 Å². The Balaban J connectivity index is 1.60. The number of rotatable bonds is 7. The van der Waals surface area contributed by atoms with Crippen molar-refractivity contribution in [3.8, 4) is 22.8 Å². The molecule has 0 saturated carbocycles. The van der Waals surface area contributed by atoms with E-state index in [0.717, 1.165) is 11.3 Å². The Labute approximate surface area is 151 Å². The van der Waals surface area contributed by atoms with E-state index in [-0.39, 0.29) is 5.91 Å². The summed E-state index contributed by atoms with van der Waals surface area (Å²) < 4.78 is 12.3. The number of hydrogen-bond donors (Lipinski definition) is 1. The van der Waals surface area contributed by atoms with Crippen LogP contribution in [0.5, 0.6) is 11.5 Å². The van der Waals surface area contributed by atoms with Gasteiger partial charge in [0.05, 0.1) is 32.0 Å². The maximum atomic E-state index is 12.4. The summed E-state index contributed by atoms with van der Waals surface area (Å²) >= 11 is 0. The lowest BCUT2D eigenvalue weighted by Crippen LogP contribution is -2.27. The van der Waals surface area contributed by atoms with Crippen LogP contribution in [0.3, 0.4) is 0 Å². The van der Waals surface area contributed by atoms with E-state index in [1.807, 2.05) is 24.4 Å². The number of amides is 1. The first-order valence-corrected chi connectivity index (χ1v) is 8.16. The molecule has 2 aromatic heterocycles. The second kappa shape index (κ2) is 8.15. The number of nitrogens with zero attached hydrogens (tertiary/aromatic N) is 3. The Kier molecular flexibility index (Phi) is 5.48. The second-order valence-corrected chi connectivity index (χ2v) is 5.50. The number of carbonyl (C=O) groups excluding carboxylic acids is 1. The van der Waals surface area contributed by atoms with Gasteiger partial charge < -0.3 is 14.8 Å². The molecule has 3 aromatic rings. The molecule has 0 unspecified atom stereocenters. The highest BCUT2D eigenvalue weighted by atomic mass is 16.5. The number of carbonyl (C=O) groups is 1. The lowest BCUT2D eigenvalue weighted by atomic mass is 10.1. The Morgan fingerprint density at radius 1 is 1.12 bits per heavy atom. The van der Waals surface area contributed by atoms with Crippen LogP contribution >= 0.6 is 0 Å². The highest BCUT2D eigenvalue weighted by Gasteiger charge is 2.15. The quantitative estimate of drug-likeness (QED) is 0.706. The molecule has 1 N–H and O–H groups in total. The van der Waals surface area contributed by atoms with Gasteiger partial charge in [0.15, 0.2) is 11.5 Å². The molecular formula is C19H20N4O3. The number of benzene rings is 1. The Morgan fingerprint density at radius 2 is 1.92 bits per heavy atom. The van der Waals surface area contributed by atoms with Crippen LogP contribution < -0.4 is 14.8 Å². The molecular weight excluding hydrogens is 332 g/mol. The number of ether oxygens (including phenoxy) is 2. The second-order valence-electron chi connectivity index (χ2n) is 5.50. The third-order valence-corrected chi connectivity index (χ3v) is 3.89. The zero-order chi connectivity index (χ0) is 18.4. The first kappa shape index (κ1) is 17.5. The van der Waals surface area contributed by atoms with Crippen LogP contribution in [0.15, 0.2) is 55.0 Å². The highest BCUT2D eigenvalue weighted by Crippen LogP contribution is 2.30. The smallest absolute Gasteiger partial charge is 0.255 e. The predicted octanol–water partition coefficient (Wildman–Crippen LogP) is 2.39. The lowest BCUT2D eigenvalue weighted by Gasteiger charge is -2.12. The van der Waals surface area contributed by atoms with Crippen LogP contribution in [0.25, 0.3) is 11.3 Å². The normalized spacial score (nSPS) is 10.4. The average Bonchev–Trinajstić information content (AvgIpc) is 3.16. The van der Waals surface area contributed by atoms with E-state index < -0.39 is 0 Å². The van der Waals surface area contributed by atoms with E-state index in [0.29, 0.717) is 30.2 Å². The summed E-state index contributed by atoms with van der Waals surface area (Å²) in [5.41, 5.74) is 2.31. The van der Waals surface area contributed by atoms with Crippen molar-refractivity contribution in [1.82, 2.24) is 20.1 Å². The molecule has 134 valence electrons. The van der Waals surface area contributed by atoms with Crippen LogP contribution in [0.1, 0.15) is 10.4 Å². The van der Waals surface area contributed by atoms with Gasteiger partial charge in [-0.25, -0.2) is 0 Å². The first-order valence-electron chi connectivity index (χ1n) is 8.16. The number of aromatic nitrogens is 3. The zero-order valence-corrected chi connectivity index (χ0v) is 14.7. The minimum Gasteiger partial charge on any atom is -0.493 e. The van der Waals surface area contributed by atoms with Crippen molar-refractivity contribution < 1.29 is 14.3 Å². The topological polar surface area (TPSA) is 78.3 Å². The number of pyridine rings is 1. The van der Waals surface area contributed by atoms with Crippen LogP contribution in [-0.2, 0) is 6.54 Å². The SMILES string of the molecule is COc1cccc(C(=O)NCCn2ccc(-c3ccncc3)n2)c1OC. The minimum atomic E-state index is -0.220. The summed E-state index contributed by atoms with van der Waals surface area (Å²) in [7, 11) is 3.05. The third-order valence-electron chi connectivity index (χ3n) is 3.89. The molecule has 0 aliphatic rings. The molecule has 0 atom stereocenters. The van der Waals surface area contributed by atoms with Gasteiger partial charge in [0.2, 0.25) is 0 Å². The van der Waals surface area contributed by atoms with E-state index in [2.05, 4.69) is 15.4 Å². The molecule has 7 nitrogen and oxygen atoms in total. The summed E-state index contributed by atoms with van der Waals surface area (Å²) in [4.78, 5) is 16.4. The molecule has 1 amide bonds. The van der Waals surface area contributed by atoms with Gasteiger partial charge in [-0.1, -0.05) is 6.07 Å². The van der Waals surface area contributed by atoms with E-state index in [1.165, 1.54) is 14.2 Å². The first-order chi connectivity index (χ1) is 12.7. The summed E-state index contributed by atoms with van der Waals surface area (Å²) in [5.74, 6) is 0.725. The standard InChI is InChI=1S/C19H20N4O3/c1-25-17-5-3-4-15(18(17)26-2)19(24)21-11-13-23-12-8-16(22-23)14-6-9-20-10-7-14/h3-10,12H,11,13H2,1-2H3,(H,21,24). The van der Waals surface area contributed by atoms with Crippen molar-refractivity contribution in [2.45, 2.75) is 6.54 Å². The van der Waals surface area contributed by atoms with Crippen molar-refractivity contribution in [3.05, 3.63) is 60.6 Å². The van der Waals surface area contributed by atoms with Crippen molar-refractivity contribution in [3.63, 3.8) is 0 Å². The monoisotopic (exact) mass is 352 g/mol. The fourth-order valence-corrected chi connectivity index (χ4v) is 2.61. The summed E-state index contributed by atoms with van der Waals surface area (Å²) in [6.07, 6.45) is 5.35. The van der Waals surface area contributed by atoms with Gasteiger partial charge >= 0.3 is 0 Å². The molecule has 0 fully saturated rings. The predicted molar refractivity (Wildman–Crippen MR) is 97.3 cm³/mol. The van der Waals surface area contributed by atoms with Crippen molar-refractivity contribution in [2.24, 2.45) is 0 Å². The van der Waals surface area contributed by atoms with E-state index in [1.54, 1.807) is 35.3 Å². The molecule has 0 bridgehead atoms. The summed E-state index contributed by atoms with van der Waals surface area (Å²) in [5, 5.41) is 7.38. The van der Waals surface area contributed by atoms with Gasteiger partial charge in [-0.2, -0.15) is 5.10 Å². The number of para-hydroxylation sites is 1. The molecule has 0 spiro atoms. The van der Waals surface area contributed by atoms with Gasteiger partial charge in [0.25, 0.3) is 5.91 Å². The zero-order valence-electron chi connectivity index (χ0n) is 14.7. The minimum absolute atomic E-state index is 0.220. The van der Waals surface area contributed by atoms with E-state index in [4.69, 9.17) is 9.47 Å². The lowest BCUT2D eigenvalue weighted by molar-refractivity contribution is 0.0948. The van der Waals surface area contributed by atoms with E-state index >= 15 is 0 Å². The van der Waals surface area contributed by atoms with Gasteiger partial charge in [-0.3, -0.25) is 14.5 Å². The molecule has 2 heterocycles. The molecule has 0 saturated heterocycles. The van der Waals surface area contributed by atoms with Crippen molar-refractivity contribution in [2.75, 3.05) is 20.8 Å². The van der Waals surface area contributed by atoms with Gasteiger partial charge in [0.1, 0.15) is 0 Å². The van der Waals surface area contributed by atoms with Gasteiger partial charge in [-0.05, 0) is 30.3 Å². The summed E-state index contributed by atoms with van der Waals surface area (Å²) in [6, 6.07) is 11.0. The molecule has 1 aromatic carbocycles. The molecule has 0 radical (unpaired) electrons. The van der Waals surface area contributed by atoms with Crippen LogP contribution in [-0.4, -0.2) is 41.4 Å².